The summed E-state index contributed by atoms with van der Waals surface area (Å²) in [6, 6.07) is 0. The fourth-order valence-electron chi connectivity index (χ4n) is 6.26. The number of ketones is 2. The highest BCUT2D eigenvalue weighted by Gasteiger charge is 2.35. The Hall–Kier alpha value is -4.01. The van der Waals surface area contributed by atoms with Crippen molar-refractivity contribution in [2.24, 2.45) is 23.3 Å². The molecule has 0 aromatic rings. The average Bonchev–Trinajstić information content (AvgIpc) is 3.04. The number of ether oxygens (including phenoxy) is 4. The van der Waals surface area contributed by atoms with Crippen LogP contribution < -0.4 is 22.1 Å². The van der Waals surface area contributed by atoms with Crippen LogP contribution >= 0.6 is 0 Å². The van der Waals surface area contributed by atoms with E-state index in [0.29, 0.717) is 43.5 Å². The Labute approximate surface area is 289 Å². The molecule has 0 saturated heterocycles. The normalized spacial score (nSPS) is 28.5. The van der Waals surface area contributed by atoms with Crippen LogP contribution in [-0.4, -0.2) is 99.4 Å². The molecule has 0 spiro atoms. The highest BCUT2D eigenvalue weighted by atomic mass is 16.6. The van der Waals surface area contributed by atoms with E-state index in [4.69, 9.17) is 30.4 Å². The van der Waals surface area contributed by atoms with Gasteiger partial charge < -0.3 is 45.9 Å². The van der Waals surface area contributed by atoms with Gasteiger partial charge in [-0.15, -0.1) is 0 Å². The van der Waals surface area contributed by atoms with Crippen LogP contribution in [0.5, 0.6) is 0 Å². The smallest absolute Gasteiger partial charge is 0.405 e. The number of nitrogens with one attached hydrogen (secondary N) is 2. The summed E-state index contributed by atoms with van der Waals surface area (Å²) in [4.78, 5) is 66.8. The van der Waals surface area contributed by atoms with Gasteiger partial charge >= 0.3 is 12.2 Å². The van der Waals surface area contributed by atoms with Gasteiger partial charge in [-0.05, 0) is 64.1 Å². The van der Waals surface area contributed by atoms with Gasteiger partial charge in [0.2, 0.25) is 11.6 Å². The Bertz CT molecular complexity index is 1330. The Balaban J connectivity index is 2.64. The summed E-state index contributed by atoms with van der Waals surface area (Å²) < 4.78 is 22.6. The maximum atomic E-state index is 13.9. The molecule has 14 nitrogen and oxygen atoms in total. The van der Waals surface area contributed by atoms with Crippen LogP contribution in [0.15, 0.2) is 46.3 Å². The van der Waals surface area contributed by atoms with Gasteiger partial charge in [0, 0.05) is 50.4 Å². The van der Waals surface area contributed by atoms with Crippen molar-refractivity contribution in [2.75, 3.05) is 40.4 Å². The molecule has 0 saturated carbocycles. The zero-order valence-electron chi connectivity index (χ0n) is 30.1. The lowest BCUT2D eigenvalue weighted by atomic mass is 9.85. The predicted octanol–water partition coefficient (Wildman–Crippen LogP) is 3.02. The second kappa shape index (κ2) is 19.9. The first-order valence-corrected chi connectivity index (χ1v) is 16.8. The molecule has 0 radical (unpaired) electrons. The molecule has 6 N–H and O–H groups in total. The molecule has 274 valence electrons. The third-order valence-corrected chi connectivity index (χ3v) is 8.96. The summed E-state index contributed by atoms with van der Waals surface area (Å²) in [5, 5.41) is 5.82. The number of carbonyl (C=O) groups excluding carboxylic acids is 5. The van der Waals surface area contributed by atoms with E-state index >= 15 is 0 Å². The van der Waals surface area contributed by atoms with Crippen LogP contribution in [0, 0.1) is 11.8 Å². The van der Waals surface area contributed by atoms with E-state index in [0.717, 1.165) is 19.2 Å². The van der Waals surface area contributed by atoms with Gasteiger partial charge in [-0.2, -0.15) is 0 Å². The van der Waals surface area contributed by atoms with Crippen molar-refractivity contribution >= 4 is 29.7 Å². The van der Waals surface area contributed by atoms with E-state index in [9.17, 15) is 24.0 Å². The standard InChI is InChI=1S/C35H55N5O9/c1-9-40(10-2)15-14-38-29-24-16-20(3)17-28(47-8)32(49-35(37)45)23(6)18-22(5)31(48-34(36)44)27(46-7)13-11-12-21(4)33(43)39-25(30(24)42)19-26(29)41/h12,18-20,23,27-28,31-32,38H,9-11,13-17H2,1-8H3,(H2,36,44)(H2,37,45)(H,39,43)/b21-12+,22-18+/t20-,23+,27+,28+,31+,32-/m1/s1. The molecule has 2 bridgehead atoms. The van der Waals surface area contributed by atoms with Gasteiger partial charge in [-0.1, -0.05) is 39.8 Å². The van der Waals surface area contributed by atoms with Gasteiger partial charge in [-0.3, -0.25) is 14.4 Å². The van der Waals surface area contributed by atoms with Crippen LogP contribution in [-0.2, 0) is 33.3 Å². The van der Waals surface area contributed by atoms with Crippen molar-refractivity contribution in [3.8, 4) is 0 Å². The van der Waals surface area contributed by atoms with Crippen LogP contribution in [0.25, 0.3) is 0 Å². The molecule has 0 aromatic heterocycles. The predicted molar refractivity (Wildman–Crippen MR) is 184 cm³/mol. The van der Waals surface area contributed by atoms with E-state index in [1.807, 2.05) is 27.7 Å². The fourth-order valence-corrected chi connectivity index (χ4v) is 6.26. The number of hydrogen-bond acceptors (Lipinski definition) is 11. The molecule has 0 fully saturated rings. The number of primary amides is 2. The maximum Gasteiger partial charge on any atom is 0.405 e. The number of likely N-dealkylation sites (N-methyl/N-ethyl adjacent to an activating group) is 1. The van der Waals surface area contributed by atoms with Crippen molar-refractivity contribution in [1.29, 1.82) is 0 Å². The third-order valence-electron chi connectivity index (χ3n) is 8.96. The zero-order valence-corrected chi connectivity index (χ0v) is 30.1. The zero-order chi connectivity index (χ0) is 36.8. The van der Waals surface area contributed by atoms with Gasteiger partial charge in [0.15, 0.2) is 6.10 Å². The van der Waals surface area contributed by atoms with E-state index < -0.39 is 60.0 Å². The minimum Gasteiger partial charge on any atom is -0.443 e. The number of hydrogen-bond donors (Lipinski definition) is 4. The van der Waals surface area contributed by atoms with Gasteiger partial charge in [-0.25, -0.2) is 9.59 Å². The number of Topliss-reactive ketones (excluding diaryl/α,β-unsaturated/α-hetero) is 1. The molecule has 1 heterocycles. The number of rotatable bonds is 10. The molecular formula is C35H55N5O9. The second-order valence-electron chi connectivity index (χ2n) is 12.6. The summed E-state index contributed by atoms with van der Waals surface area (Å²) in [6.07, 6.45) is 0.642. The van der Waals surface area contributed by atoms with Gasteiger partial charge in [0.05, 0.1) is 23.6 Å². The van der Waals surface area contributed by atoms with Crippen molar-refractivity contribution in [1.82, 2.24) is 15.5 Å². The Morgan fingerprint density at radius 3 is 2.20 bits per heavy atom. The first kappa shape index (κ1) is 41.2. The lowest BCUT2D eigenvalue weighted by molar-refractivity contribution is -0.120. The highest BCUT2D eigenvalue weighted by molar-refractivity contribution is 6.23. The van der Waals surface area contributed by atoms with E-state index in [1.165, 1.54) is 14.2 Å². The number of fused-ring (bicyclic) bond motifs is 2. The van der Waals surface area contributed by atoms with Gasteiger partial charge in [0.25, 0.3) is 5.91 Å². The monoisotopic (exact) mass is 689 g/mol. The molecule has 2 aliphatic rings. The first-order valence-electron chi connectivity index (χ1n) is 16.8. The van der Waals surface area contributed by atoms with E-state index in [2.05, 4.69) is 15.5 Å². The molecule has 3 amide bonds. The van der Waals surface area contributed by atoms with E-state index in [-0.39, 0.29) is 29.3 Å². The molecular weight excluding hydrogens is 634 g/mol. The number of carbonyl (C=O) groups is 5. The summed E-state index contributed by atoms with van der Waals surface area (Å²) in [6.45, 7) is 13.9. The second-order valence-corrected chi connectivity index (χ2v) is 12.6. The molecule has 0 unspecified atom stereocenters. The minimum absolute atomic E-state index is 0.117. The van der Waals surface area contributed by atoms with Crippen LogP contribution in [0.3, 0.4) is 0 Å². The van der Waals surface area contributed by atoms with Gasteiger partial charge in [0.1, 0.15) is 6.10 Å². The molecule has 1 aliphatic carbocycles. The third kappa shape index (κ3) is 12.1. The summed E-state index contributed by atoms with van der Waals surface area (Å²) >= 11 is 0. The lowest BCUT2D eigenvalue weighted by Crippen LogP contribution is -2.41. The molecule has 1 aliphatic heterocycles. The Morgan fingerprint density at radius 1 is 1.00 bits per heavy atom. The lowest BCUT2D eigenvalue weighted by Gasteiger charge is -2.32. The Morgan fingerprint density at radius 2 is 1.63 bits per heavy atom. The fraction of sp³-hybridized carbons (Fsp3) is 0.629. The number of amides is 3. The molecule has 6 atom stereocenters. The summed E-state index contributed by atoms with van der Waals surface area (Å²) in [5.74, 6) is -2.18. The molecule has 49 heavy (non-hydrogen) atoms. The topological polar surface area (TPSA) is 202 Å². The summed E-state index contributed by atoms with van der Waals surface area (Å²) in [5.41, 5.74) is 12.1. The van der Waals surface area contributed by atoms with Crippen molar-refractivity contribution < 1.29 is 42.9 Å². The van der Waals surface area contributed by atoms with Crippen molar-refractivity contribution in [2.45, 2.75) is 91.6 Å². The number of methoxy groups -OCH3 is 2. The SMILES string of the molecule is CCN(CC)CCNC1=C2C[C@@H](C)C[C@H](OC)[C@H](OC(N)=O)[C@@H](C)/C=C(\C)[C@H](OC(N)=O)[C@@H](OC)CC/C=C(\C)C(=O)NC(=CC1=O)C2=O. The van der Waals surface area contributed by atoms with Crippen LogP contribution in [0.2, 0.25) is 0 Å². The van der Waals surface area contributed by atoms with E-state index in [1.54, 1.807) is 26.0 Å². The van der Waals surface area contributed by atoms with Crippen LogP contribution in [0.1, 0.15) is 67.2 Å². The largest absolute Gasteiger partial charge is 0.443 e. The van der Waals surface area contributed by atoms with Crippen LogP contribution in [0.4, 0.5) is 9.59 Å². The maximum absolute atomic E-state index is 13.9. The summed E-state index contributed by atoms with van der Waals surface area (Å²) in [7, 11) is 2.95. The van der Waals surface area contributed by atoms with Crippen molar-refractivity contribution in [3.05, 3.63) is 46.3 Å². The number of nitrogens with two attached hydrogens (primary N) is 2. The average molecular weight is 690 g/mol. The Kier molecular flexibility index (Phi) is 16.7. The number of nitrogens with zero attached hydrogens (tertiary/aromatic N) is 1. The first-order chi connectivity index (χ1) is 23.2. The number of allylic oxidation sites excluding steroid dienone is 3. The molecule has 0 aromatic carbocycles. The van der Waals surface area contributed by atoms with Crippen molar-refractivity contribution in [3.63, 3.8) is 0 Å². The quantitative estimate of drug-likeness (QED) is 0.194. The molecule has 2 rings (SSSR count). The minimum atomic E-state index is -1.00. The molecule has 14 heteroatoms. The highest BCUT2D eigenvalue weighted by Crippen LogP contribution is 2.30.